The van der Waals surface area contributed by atoms with Crippen molar-refractivity contribution in [3.8, 4) is 0 Å². The molecule has 82 valence electrons. The van der Waals surface area contributed by atoms with Crippen LogP contribution in [0, 0.1) is 0 Å². The van der Waals surface area contributed by atoms with Crippen LogP contribution in [-0.4, -0.2) is 42.0 Å². The monoisotopic (exact) mass is 228 g/mol. The Kier molecular flexibility index (Phi) is 2.72. The van der Waals surface area contributed by atoms with Crippen LogP contribution in [0.4, 0.5) is 0 Å². The molecule has 2 heterocycles. The molecule has 0 aromatic carbocycles. The number of nitrogens with zero attached hydrogens (tertiary/aromatic N) is 2. The summed E-state index contributed by atoms with van der Waals surface area (Å²) in [6, 6.07) is 4.75. The molecule has 0 amide bonds. The molecule has 0 bridgehead atoms. The van der Waals surface area contributed by atoms with E-state index in [-0.39, 0.29) is 11.6 Å². The van der Waals surface area contributed by atoms with Gasteiger partial charge in [-0.1, -0.05) is 6.07 Å². The van der Waals surface area contributed by atoms with Crippen LogP contribution in [0.5, 0.6) is 0 Å². The molecule has 1 aromatic heterocycles. The highest BCUT2D eigenvalue weighted by atomic mass is 32.2. The molecule has 5 nitrogen and oxygen atoms in total. The zero-order valence-electron chi connectivity index (χ0n) is 8.07. The first-order chi connectivity index (χ1) is 7.10. The lowest BCUT2D eigenvalue weighted by Gasteiger charge is -2.14. The molecule has 0 saturated carbocycles. The van der Waals surface area contributed by atoms with Gasteiger partial charge in [-0.25, -0.2) is 13.4 Å². The van der Waals surface area contributed by atoms with Gasteiger partial charge in [0.05, 0.1) is 6.10 Å². The second kappa shape index (κ2) is 3.88. The van der Waals surface area contributed by atoms with Gasteiger partial charge in [0.2, 0.25) is 0 Å². The Labute approximate surface area is 88.4 Å². The van der Waals surface area contributed by atoms with Gasteiger partial charge in [-0.3, -0.25) is 0 Å². The lowest BCUT2D eigenvalue weighted by molar-refractivity contribution is 0.189. The zero-order valence-corrected chi connectivity index (χ0v) is 8.89. The number of aliphatic hydroxyl groups is 1. The van der Waals surface area contributed by atoms with Crippen LogP contribution in [0.25, 0.3) is 0 Å². The molecule has 1 atom stereocenters. The van der Waals surface area contributed by atoms with Gasteiger partial charge in [0.1, 0.15) is 0 Å². The number of sulfonamides is 1. The maximum atomic E-state index is 11.9. The summed E-state index contributed by atoms with van der Waals surface area (Å²) in [4.78, 5) is 3.81. The van der Waals surface area contributed by atoms with Crippen LogP contribution >= 0.6 is 0 Å². The third-order valence-corrected chi connectivity index (χ3v) is 4.15. The minimum absolute atomic E-state index is 0.0408. The average molecular weight is 228 g/mol. The van der Waals surface area contributed by atoms with Crippen LogP contribution < -0.4 is 0 Å². The van der Waals surface area contributed by atoms with Crippen molar-refractivity contribution in [2.45, 2.75) is 17.6 Å². The minimum atomic E-state index is -3.51. The van der Waals surface area contributed by atoms with Crippen LogP contribution in [0.1, 0.15) is 6.42 Å². The molecule has 1 aliphatic rings. The largest absolute Gasteiger partial charge is 0.392 e. The number of hydrogen-bond acceptors (Lipinski definition) is 4. The standard InChI is InChI=1S/C9H12N2O3S/c12-8-4-6-11(7-8)15(13,14)9-3-1-2-5-10-9/h1-3,5,8,12H,4,6-7H2/t8-/m0/s1. The molecule has 6 heteroatoms. The second-order valence-electron chi connectivity index (χ2n) is 3.47. The van der Waals surface area contributed by atoms with Crippen molar-refractivity contribution in [3.63, 3.8) is 0 Å². The molecule has 0 radical (unpaired) electrons. The van der Waals surface area contributed by atoms with E-state index in [1.165, 1.54) is 16.6 Å². The van der Waals surface area contributed by atoms with Crippen LogP contribution in [0.2, 0.25) is 0 Å². The third-order valence-electron chi connectivity index (χ3n) is 2.37. The SMILES string of the molecule is O=S(=O)(c1ccccn1)N1CC[C@H](O)C1. The highest BCUT2D eigenvalue weighted by molar-refractivity contribution is 7.89. The van der Waals surface area contributed by atoms with Crippen LogP contribution in [0.3, 0.4) is 0 Å². The van der Waals surface area contributed by atoms with Gasteiger partial charge in [-0.15, -0.1) is 0 Å². The molecule has 1 N–H and O–H groups in total. The summed E-state index contributed by atoms with van der Waals surface area (Å²) in [5, 5.41) is 9.32. The van der Waals surface area contributed by atoms with Crippen molar-refractivity contribution in [2.24, 2.45) is 0 Å². The van der Waals surface area contributed by atoms with E-state index in [1.807, 2.05) is 0 Å². The quantitative estimate of drug-likeness (QED) is 0.763. The average Bonchev–Trinajstić information content (AvgIpc) is 2.67. The highest BCUT2D eigenvalue weighted by Crippen LogP contribution is 2.18. The number of aliphatic hydroxyl groups excluding tert-OH is 1. The molecule has 2 rings (SSSR count). The first-order valence-electron chi connectivity index (χ1n) is 4.70. The molecule has 1 aliphatic heterocycles. The number of β-amino-alcohol motifs (C(OH)–C–C–N with tert-alkyl or cyclic N) is 1. The highest BCUT2D eigenvalue weighted by Gasteiger charge is 2.32. The summed E-state index contributed by atoms with van der Waals surface area (Å²) >= 11 is 0. The molecule has 1 saturated heterocycles. The fraction of sp³-hybridized carbons (Fsp3) is 0.444. The third kappa shape index (κ3) is 2.01. The van der Waals surface area contributed by atoms with E-state index >= 15 is 0 Å². The summed E-state index contributed by atoms with van der Waals surface area (Å²) < 4.78 is 25.1. The zero-order chi connectivity index (χ0) is 10.9. The summed E-state index contributed by atoms with van der Waals surface area (Å²) in [5.41, 5.74) is 0. The fourth-order valence-electron chi connectivity index (χ4n) is 1.56. The molecule has 1 aromatic rings. The molecule has 15 heavy (non-hydrogen) atoms. The van der Waals surface area contributed by atoms with Gasteiger partial charge in [-0.2, -0.15) is 4.31 Å². The minimum Gasteiger partial charge on any atom is -0.392 e. The summed E-state index contributed by atoms with van der Waals surface area (Å²) in [7, 11) is -3.51. The molecule has 1 fully saturated rings. The second-order valence-corrected chi connectivity index (χ2v) is 5.36. The van der Waals surface area contributed by atoms with E-state index in [4.69, 9.17) is 0 Å². The Bertz CT molecular complexity index is 432. The topological polar surface area (TPSA) is 70.5 Å². The maximum absolute atomic E-state index is 11.9. The van der Waals surface area contributed by atoms with E-state index in [1.54, 1.807) is 12.1 Å². The van der Waals surface area contributed by atoms with Crippen molar-refractivity contribution in [1.29, 1.82) is 0 Å². The van der Waals surface area contributed by atoms with E-state index in [0.29, 0.717) is 13.0 Å². The number of pyridine rings is 1. The molecule has 0 aliphatic carbocycles. The molecule has 0 unspecified atom stereocenters. The maximum Gasteiger partial charge on any atom is 0.260 e. The van der Waals surface area contributed by atoms with Gasteiger partial charge in [0, 0.05) is 19.3 Å². The van der Waals surface area contributed by atoms with Crippen LogP contribution in [0.15, 0.2) is 29.4 Å². The van der Waals surface area contributed by atoms with Gasteiger partial charge in [0.15, 0.2) is 5.03 Å². The van der Waals surface area contributed by atoms with Crippen molar-refractivity contribution >= 4 is 10.0 Å². The molecular weight excluding hydrogens is 216 g/mol. The van der Waals surface area contributed by atoms with E-state index in [2.05, 4.69) is 4.98 Å². The fourth-order valence-corrected chi connectivity index (χ4v) is 2.98. The Hall–Kier alpha value is -0.980. The van der Waals surface area contributed by atoms with Gasteiger partial charge >= 0.3 is 0 Å². The number of hydrogen-bond donors (Lipinski definition) is 1. The lowest BCUT2D eigenvalue weighted by Crippen LogP contribution is -2.30. The summed E-state index contributed by atoms with van der Waals surface area (Å²) in [6.45, 7) is 0.527. The smallest absolute Gasteiger partial charge is 0.260 e. The Morgan fingerprint density at radius 2 is 2.27 bits per heavy atom. The van der Waals surface area contributed by atoms with Gasteiger partial charge in [0.25, 0.3) is 10.0 Å². The predicted molar refractivity (Wildman–Crippen MR) is 53.6 cm³/mol. The van der Waals surface area contributed by atoms with Gasteiger partial charge in [-0.05, 0) is 18.6 Å². The summed E-state index contributed by atoms with van der Waals surface area (Å²) in [5.74, 6) is 0. The van der Waals surface area contributed by atoms with Crippen LogP contribution in [-0.2, 0) is 10.0 Å². The van der Waals surface area contributed by atoms with E-state index in [0.717, 1.165) is 0 Å². The first kappa shape index (κ1) is 10.5. The summed E-state index contributed by atoms with van der Waals surface area (Å²) in [6.07, 6.45) is 1.38. The normalized spacial score (nSPS) is 23.1. The Balaban J connectivity index is 2.28. The van der Waals surface area contributed by atoms with E-state index in [9.17, 15) is 13.5 Å². The molecule has 0 spiro atoms. The van der Waals surface area contributed by atoms with Crippen molar-refractivity contribution in [1.82, 2.24) is 9.29 Å². The number of rotatable bonds is 2. The predicted octanol–water partition coefficient (Wildman–Crippen LogP) is -0.163. The molecular formula is C9H12N2O3S. The number of aromatic nitrogens is 1. The van der Waals surface area contributed by atoms with Crippen molar-refractivity contribution in [3.05, 3.63) is 24.4 Å². The van der Waals surface area contributed by atoms with E-state index < -0.39 is 16.1 Å². The first-order valence-corrected chi connectivity index (χ1v) is 6.14. The van der Waals surface area contributed by atoms with Gasteiger partial charge < -0.3 is 5.11 Å². The Morgan fingerprint density at radius 3 is 2.80 bits per heavy atom. The lowest BCUT2D eigenvalue weighted by atomic mass is 10.3. The Morgan fingerprint density at radius 1 is 1.47 bits per heavy atom. The van der Waals surface area contributed by atoms with Crippen molar-refractivity contribution < 1.29 is 13.5 Å². The van der Waals surface area contributed by atoms with Crippen molar-refractivity contribution in [2.75, 3.05) is 13.1 Å².